The van der Waals surface area contributed by atoms with Gasteiger partial charge in [0.25, 0.3) is 0 Å². The van der Waals surface area contributed by atoms with Crippen molar-refractivity contribution in [1.29, 1.82) is 5.26 Å². The largest absolute Gasteiger partial charge is 0.398 e. The predicted molar refractivity (Wildman–Crippen MR) is 73.8 cm³/mol. The molecule has 1 aliphatic rings. The monoisotopic (exact) mass is 244 g/mol. The van der Waals surface area contributed by atoms with Crippen molar-refractivity contribution in [2.45, 2.75) is 45.2 Å². The first-order valence-corrected chi connectivity index (χ1v) is 6.46. The van der Waals surface area contributed by atoms with Crippen LogP contribution >= 0.6 is 0 Å². The molecule has 0 aromatic heterocycles. The molecular formula is C14H20N4. The smallest absolute Gasteiger partial charge is 0.101 e. The van der Waals surface area contributed by atoms with Crippen LogP contribution in [0.2, 0.25) is 0 Å². The first kappa shape index (κ1) is 12.7. The number of nitrogens with one attached hydrogen (secondary N) is 1. The second kappa shape index (κ2) is 5.28. The van der Waals surface area contributed by atoms with E-state index in [1.165, 1.54) is 19.3 Å². The fourth-order valence-electron chi connectivity index (χ4n) is 2.52. The van der Waals surface area contributed by atoms with Gasteiger partial charge >= 0.3 is 0 Å². The Balaban J connectivity index is 2.13. The van der Waals surface area contributed by atoms with Gasteiger partial charge in [-0.3, -0.25) is 0 Å². The molecule has 2 rings (SSSR count). The van der Waals surface area contributed by atoms with Crippen LogP contribution in [0.25, 0.3) is 0 Å². The number of hydrazine groups is 1. The van der Waals surface area contributed by atoms with Gasteiger partial charge in [-0.15, -0.1) is 0 Å². The van der Waals surface area contributed by atoms with Crippen LogP contribution in [0.1, 0.15) is 38.7 Å². The van der Waals surface area contributed by atoms with Gasteiger partial charge in [0.2, 0.25) is 0 Å². The molecule has 2 unspecified atom stereocenters. The fraction of sp³-hybridized carbons (Fsp3) is 0.500. The van der Waals surface area contributed by atoms with Gasteiger partial charge < -0.3 is 11.2 Å². The summed E-state index contributed by atoms with van der Waals surface area (Å²) in [6.07, 6.45) is 3.71. The molecular weight excluding hydrogens is 224 g/mol. The van der Waals surface area contributed by atoms with Gasteiger partial charge in [0.1, 0.15) is 6.07 Å². The second-order valence-electron chi connectivity index (χ2n) is 5.06. The number of benzene rings is 1. The molecule has 18 heavy (non-hydrogen) atoms. The Bertz CT molecular complexity index is 453. The molecule has 3 N–H and O–H groups in total. The Kier molecular flexibility index (Phi) is 3.73. The van der Waals surface area contributed by atoms with Gasteiger partial charge in [-0.25, -0.2) is 5.01 Å². The van der Waals surface area contributed by atoms with E-state index < -0.39 is 0 Å². The molecule has 0 saturated carbocycles. The van der Waals surface area contributed by atoms with Crippen molar-refractivity contribution in [3.8, 4) is 6.07 Å². The number of rotatable bonds is 2. The van der Waals surface area contributed by atoms with E-state index in [0.717, 1.165) is 5.69 Å². The number of nitriles is 1. The van der Waals surface area contributed by atoms with Crippen molar-refractivity contribution in [1.82, 2.24) is 5.01 Å². The molecule has 1 fully saturated rings. The molecule has 0 bridgehead atoms. The number of hydrogen-bond acceptors (Lipinski definition) is 4. The third kappa shape index (κ3) is 2.57. The number of nitrogen functional groups attached to an aromatic ring is 1. The molecule has 0 aliphatic carbocycles. The molecule has 1 saturated heterocycles. The van der Waals surface area contributed by atoms with Crippen molar-refractivity contribution in [3.05, 3.63) is 23.8 Å². The van der Waals surface area contributed by atoms with Gasteiger partial charge in [-0.1, -0.05) is 6.42 Å². The summed E-state index contributed by atoms with van der Waals surface area (Å²) in [5.74, 6) is 0. The standard InChI is InChI=1S/C14H20N4/c1-10-4-3-5-11(2)18(10)17-13-7-6-12(9-15)14(16)8-13/h6-8,10-11,17H,3-5,16H2,1-2H3. The highest BCUT2D eigenvalue weighted by atomic mass is 15.5. The van der Waals surface area contributed by atoms with Crippen LogP contribution in [-0.2, 0) is 0 Å². The van der Waals surface area contributed by atoms with E-state index in [1.807, 2.05) is 12.1 Å². The lowest BCUT2D eigenvalue weighted by atomic mass is 10.00. The van der Waals surface area contributed by atoms with E-state index >= 15 is 0 Å². The predicted octanol–water partition coefficient (Wildman–Crippen LogP) is 2.73. The third-order valence-electron chi connectivity index (χ3n) is 3.62. The van der Waals surface area contributed by atoms with E-state index in [2.05, 4.69) is 30.4 Å². The van der Waals surface area contributed by atoms with E-state index in [0.29, 0.717) is 23.3 Å². The Labute approximate surface area is 108 Å². The Morgan fingerprint density at radius 2 is 2.00 bits per heavy atom. The van der Waals surface area contributed by atoms with Crippen molar-refractivity contribution in [3.63, 3.8) is 0 Å². The van der Waals surface area contributed by atoms with Gasteiger partial charge in [-0.2, -0.15) is 5.26 Å². The quantitative estimate of drug-likeness (QED) is 0.785. The van der Waals surface area contributed by atoms with Crippen LogP contribution in [0.5, 0.6) is 0 Å². The maximum Gasteiger partial charge on any atom is 0.101 e. The maximum atomic E-state index is 8.85. The summed E-state index contributed by atoms with van der Waals surface area (Å²) in [4.78, 5) is 0. The highest BCUT2D eigenvalue weighted by molar-refractivity contribution is 5.62. The first-order chi connectivity index (χ1) is 8.61. The summed E-state index contributed by atoms with van der Waals surface area (Å²) >= 11 is 0. The summed E-state index contributed by atoms with van der Waals surface area (Å²) in [6, 6.07) is 8.61. The molecule has 96 valence electrons. The first-order valence-electron chi connectivity index (χ1n) is 6.46. The van der Waals surface area contributed by atoms with Crippen LogP contribution in [0.15, 0.2) is 18.2 Å². The summed E-state index contributed by atoms with van der Waals surface area (Å²) in [7, 11) is 0. The number of hydrogen-bond donors (Lipinski definition) is 2. The van der Waals surface area contributed by atoms with E-state index in [9.17, 15) is 0 Å². The van der Waals surface area contributed by atoms with Crippen LogP contribution in [0.3, 0.4) is 0 Å². The van der Waals surface area contributed by atoms with Gasteiger partial charge in [-0.05, 0) is 44.9 Å². The highest BCUT2D eigenvalue weighted by Crippen LogP contribution is 2.25. The van der Waals surface area contributed by atoms with Crippen LogP contribution in [0, 0.1) is 11.3 Å². The minimum atomic E-state index is 0.519. The number of nitrogens with two attached hydrogens (primary N) is 1. The lowest BCUT2D eigenvalue weighted by molar-refractivity contribution is 0.136. The van der Waals surface area contributed by atoms with E-state index in [1.54, 1.807) is 6.07 Å². The average molecular weight is 244 g/mol. The highest BCUT2D eigenvalue weighted by Gasteiger charge is 2.24. The number of nitrogens with zero attached hydrogens (tertiary/aromatic N) is 2. The fourth-order valence-corrected chi connectivity index (χ4v) is 2.52. The summed E-state index contributed by atoms with van der Waals surface area (Å²) in [5, 5.41) is 11.1. The Morgan fingerprint density at radius 1 is 1.33 bits per heavy atom. The molecule has 4 heteroatoms. The molecule has 1 aromatic carbocycles. The lowest BCUT2D eigenvalue weighted by Gasteiger charge is -2.39. The zero-order valence-electron chi connectivity index (χ0n) is 11.0. The molecule has 2 atom stereocenters. The van der Waals surface area contributed by atoms with Crippen LogP contribution in [-0.4, -0.2) is 17.1 Å². The summed E-state index contributed by atoms with van der Waals surface area (Å²) in [6.45, 7) is 4.46. The minimum absolute atomic E-state index is 0.519. The molecule has 0 radical (unpaired) electrons. The zero-order chi connectivity index (χ0) is 13.1. The van der Waals surface area contributed by atoms with E-state index in [4.69, 9.17) is 11.0 Å². The molecule has 1 aromatic rings. The lowest BCUT2D eigenvalue weighted by Crippen LogP contribution is -2.47. The summed E-state index contributed by atoms with van der Waals surface area (Å²) in [5.41, 5.74) is 11.2. The van der Waals surface area contributed by atoms with Crippen molar-refractivity contribution in [2.24, 2.45) is 0 Å². The zero-order valence-corrected chi connectivity index (χ0v) is 11.0. The van der Waals surface area contributed by atoms with Gasteiger partial charge in [0.05, 0.1) is 16.9 Å². The van der Waals surface area contributed by atoms with Crippen molar-refractivity contribution in [2.75, 3.05) is 11.2 Å². The van der Waals surface area contributed by atoms with Crippen molar-refractivity contribution >= 4 is 11.4 Å². The Morgan fingerprint density at radius 3 is 2.56 bits per heavy atom. The Hall–Kier alpha value is -1.73. The maximum absolute atomic E-state index is 8.85. The third-order valence-corrected chi connectivity index (χ3v) is 3.62. The number of anilines is 2. The second-order valence-corrected chi connectivity index (χ2v) is 5.06. The van der Waals surface area contributed by atoms with Crippen LogP contribution in [0.4, 0.5) is 11.4 Å². The molecule has 1 heterocycles. The topological polar surface area (TPSA) is 65.1 Å². The van der Waals surface area contributed by atoms with Gasteiger partial charge in [0, 0.05) is 12.1 Å². The summed E-state index contributed by atoms with van der Waals surface area (Å²) < 4.78 is 0. The normalized spacial score (nSPS) is 24.5. The van der Waals surface area contributed by atoms with Crippen LogP contribution < -0.4 is 11.2 Å². The molecule has 0 spiro atoms. The minimum Gasteiger partial charge on any atom is -0.398 e. The average Bonchev–Trinajstić information content (AvgIpc) is 2.34. The number of piperidine rings is 1. The van der Waals surface area contributed by atoms with Gasteiger partial charge in [0.15, 0.2) is 0 Å². The van der Waals surface area contributed by atoms with E-state index in [-0.39, 0.29) is 0 Å². The SMILES string of the molecule is CC1CCCC(C)N1Nc1ccc(C#N)c(N)c1. The van der Waals surface area contributed by atoms with Crippen molar-refractivity contribution < 1.29 is 0 Å². The molecule has 0 amide bonds. The molecule has 1 aliphatic heterocycles. The molecule has 4 nitrogen and oxygen atoms in total.